The summed E-state index contributed by atoms with van der Waals surface area (Å²) in [5.41, 5.74) is 7.21. The molecule has 0 bridgehead atoms. The lowest BCUT2D eigenvalue weighted by Gasteiger charge is -2.08. The van der Waals surface area contributed by atoms with Crippen LogP contribution in [0, 0.1) is 0 Å². The number of carbonyl (C=O) groups is 1. The second-order valence-corrected chi connectivity index (χ2v) is 6.60. The number of anilines is 1. The van der Waals surface area contributed by atoms with Crippen molar-refractivity contribution in [3.8, 4) is 16.9 Å². The van der Waals surface area contributed by atoms with Gasteiger partial charge in [0.15, 0.2) is 0 Å². The highest BCUT2D eigenvalue weighted by molar-refractivity contribution is 5.92. The number of aryl methyl sites for hydroxylation is 1. The molecule has 0 heterocycles. The number of hydrogen-bond acceptors (Lipinski definition) is 2. The summed E-state index contributed by atoms with van der Waals surface area (Å²) < 4.78 is 5.15. The molecule has 1 aliphatic rings. The van der Waals surface area contributed by atoms with E-state index in [1.54, 1.807) is 7.11 Å². The van der Waals surface area contributed by atoms with Crippen molar-refractivity contribution in [3.05, 3.63) is 83.4 Å². The Morgan fingerprint density at radius 1 is 0.962 bits per heavy atom. The van der Waals surface area contributed by atoms with E-state index in [-0.39, 0.29) is 5.91 Å². The Kier molecular flexibility index (Phi) is 4.44. The van der Waals surface area contributed by atoms with Crippen molar-refractivity contribution < 1.29 is 9.53 Å². The van der Waals surface area contributed by atoms with Crippen LogP contribution in [0.4, 0.5) is 5.69 Å². The summed E-state index contributed by atoms with van der Waals surface area (Å²) in [5, 5.41) is 3.03. The van der Waals surface area contributed by atoms with Crippen molar-refractivity contribution in [3.63, 3.8) is 0 Å². The number of benzene rings is 3. The molecule has 0 saturated heterocycles. The molecule has 0 atom stereocenters. The first-order chi connectivity index (χ1) is 12.7. The number of carbonyl (C=O) groups excluding carboxylic acids is 1. The third-order valence-electron chi connectivity index (χ3n) is 4.88. The Labute approximate surface area is 153 Å². The molecule has 3 aromatic rings. The quantitative estimate of drug-likeness (QED) is 0.563. The second kappa shape index (κ2) is 7.04. The average Bonchev–Trinajstić information content (AvgIpc) is 3.04. The van der Waals surface area contributed by atoms with Gasteiger partial charge in [0, 0.05) is 12.1 Å². The van der Waals surface area contributed by atoms with Gasteiger partial charge in [-0.1, -0.05) is 42.5 Å². The van der Waals surface area contributed by atoms with Gasteiger partial charge in [0.2, 0.25) is 5.91 Å². The molecular formula is C23H21NO2. The van der Waals surface area contributed by atoms with E-state index < -0.39 is 0 Å². The molecule has 0 radical (unpaired) electrons. The van der Waals surface area contributed by atoms with Gasteiger partial charge in [0.1, 0.15) is 5.75 Å². The smallest absolute Gasteiger partial charge is 0.224 e. The molecule has 0 saturated carbocycles. The number of methoxy groups -OCH3 is 1. The Morgan fingerprint density at radius 2 is 1.73 bits per heavy atom. The van der Waals surface area contributed by atoms with Crippen molar-refractivity contribution >= 4 is 11.6 Å². The van der Waals surface area contributed by atoms with E-state index in [0.29, 0.717) is 12.8 Å². The van der Waals surface area contributed by atoms with Gasteiger partial charge in [-0.3, -0.25) is 4.79 Å². The van der Waals surface area contributed by atoms with Crippen LogP contribution in [-0.4, -0.2) is 13.0 Å². The number of ether oxygens (including phenoxy) is 1. The lowest BCUT2D eigenvalue weighted by molar-refractivity contribution is -0.116. The van der Waals surface area contributed by atoms with Gasteiger partial charge in [0.25, 0.3) is 0 Å². The molecule has 0 unspecified atom stereocenters. The van der Waals surface area contributed by atoms with E-state index >= 15 is 0 Å². The van der Waals surface area contributed by atoms with Gasteiger partial charge < -0.3 is 10.1 Å². The Balaban J connectivity index is 1.38. The second-order valence-electron chi connectivity index (χ2n) is 6.60. The molecule has 0 spiro atoms. The van der Waals surface area contributed by atoms with Crippen LogP contribution in [0.1, 0.15) is 23.1 Å². The van der Waals surface area contributed by atoms with E-state index in [1.807, 2.05) is 30.3 Å². The predicted molar refractivity (Wildman–Crippen MR) is 105 cm³/mol. The molecule has 130 valence electrons. The minimum atomic E-state index is 0.0382. The summed E-state index contributed by atoms with van der Waals surface area (Å²) in [4.78, 5) is 12.3. The van der Waals surface area contributed by atoms with Crippen LogP contribution in [-0.2, 0) is 17.6 Å². The largest absolute Gasteiger partial charge is 0.497 e. The molecule has 26 heavy (non-hydrogen) atoms. The van der Waals surface area contributed by atoms with Crippen LogP contribution in [0.2, 0.25) is 0 Å². The Bertz CT molecular complexity index is 945. The topological polar surface area (TPSA) is 38.3 Å². The molecule has 0 aliphatic heterocycles. The molecule has 3 aromatic carbocycles. The SMILES string of the molecule is COc1ccc(CCC(=O)Nc2ccc3c(c2)Cc2ccccc2-3)cc1. The monoisotopic (exact) mass is 343 g/mol. The molecule has 3 nitrogen and oxygen atoms in total. The maximum absolute atomic E-state index is 12.3. The van der Waals surface area contributed by atoms with Crippen molar-refractivity contribution in [2.75, 3.05) is 12.4 Å². The normalized spacial score (nSPS) is 11.6. The molecule has 0 fully saturated rings. The first kappa shape index (κ1) is 16.4. The molecule has 1 amide bonds. The number of amides is 1. The van der Waals surface area contributed by atoms with Gasteiger partial charge in [-0.05, 0) is 64.9 Å². The molecule has 3 heteroatoms. The maximum atomic E-state index is 12.3. The van der Waals surface area contributed by atoms with Crippen LogP contribution in [0.3, 0.4) is 0 Å². The highest BCUT2D eigenvalue weighted by Crippen LogP contribution is 2.37. The Hall–Kier alpha value is -3.07. The highest BCUT2D eigenvalue weighted by Gasteiger charge is 2.18. The van der Waals surface area contributed by atoms with Crippen molar-refractivity contribution in [2.24, 2.45) is 0 Å². The highest BCUT2D eigenvalue weighted by atomic mass is 16.5. The summed E-state index contributed by atoms with van der Waals surface area (Å²) >= 11 is 0. The zero-order valence-corrected chi connectivity index (χ0v) is 14.8. The minimum Gasteiger partial charge on any atom is -0.497 e. The fourth-order valence-corrected chi connectivity index (χ4v) is 3.50. The third kappa shape index (κ3) is 3.33. The summed E-state index contributed by atoms with van der Waals surface area (Å²) in [6.07, 6.45) is 2.11. The average molecular weight is 343 g/mol. The lowest BCUT2D eigenvalue weighted by Crippen LogP contribution is -2.12. The van der Waals surface area contributed by atoms with E-state index in [2.05, 4.69) is 41.7 Å². The van der Waals surface area contributed by atoms with E-state index in [4.69, 9.17) is 4.74 Å². The van der Waals surface area contributed by atoms with E-state index in [0.717, 1.165) is 23.4 Å². The van der Waals surface area contributed by atoms with E-state index in [1.165, 1.54) is 22.3 Å². The zero-order valence-electron chi connectivity index (χ0n) is 14.8. The molecule has 1 aliphatic carbocycles. The van der Waals surface area contributed by atoms with Crippen LogP contribution in [0.25, 0.3) is 11.1 Å². The van der Waals surface area contributed by atoms with Gasteiger partial charge in [-0.25, -0.2) is 0 Å². The fourth-order valence-electron chi connectivity index (χ4n) is 3.50. The Morgan fingerprint density at radius 3 is 2.54 bits per heavy atom. The number of hydrogen-bond donors (Lipinski definition) is 1. The van der Waals surface area contributed by atoms with Gasteiger partial charge >= 0.3 is 0 Å². The van der Waals surface area contributed by atoms with E-state index in [9.17, 15) is 4.79 Å². The van der Waals surface area contributed by atoms with Gasteiger partial charge in [-0.15, -0.1) is 0 Å². The molecule has 0 aromatic heterocycles. The maximum Gasteiger partial charge on any atom is 0.224 e. The summed E-state index contributed by atoms with van der Waals surface area (Å²) in [6, 6.07) is 22.5. The first-order valence-electron chi connectivity index (χ1n) is 8.87. The van der Waals surface area contributed by atoms with Crippen molar-refractivity contribution in [1.29, 1.82) is 0 Å². The minimum absolute atomic E-state index is 0.0382. The molecule has 4 rings (SSSR count). The van der Waals surface area contributed by atoms with Crippen molar-refractivity contribution in [1.82, 2.24) is 0 Å². The van der Waals surface area contributed by atoms with Gasteiger partial charge in [0.05, 0.1) is 7.11 Å². The molecular weight excluding hydrogens is 322 g/mol. The van der Waals surface area contributed by atoms with Crippen molar-refractivity contribution in [2.45, 2.75) is 19.3 Å². The van der Waals surface area contributed by atoms with Crippen LogP contribution >= 0.6 is 0 Å². The third-order valence-corrected chi connectivity index (χ3v) is 4.88. The van der Waals surface area contributed by atoms with Gasteiger partial charge in [-0.2, -0.15) is 0 Å². The standard InChI is InChI=1S/C23H21NO2/c1-26-20-10-6-16(7-11-20)8-13-23(25)24-19-9-12-22-18(15-19)14-17-4-2-3-5-21(17)22/h2-7,9-12,15H,8,13-14H2,1H3,(H,24,25). The summed E-state index contributed by atoms with van der Waals surface area (Å²) in [7, 11) is 1.65. The lowest BCUT2D eigenvalue weighted by atomic mass is 10.1. The summed E-state index contributed by atoms with van der Waals surface area (Å²) in [5.74, 6) is 0.869. The molecule has 1 N–H and O–H groups in total. The van der Waals surface area contributed by atoms with Crippen LogP contribution in [0.15, 0.2) is 66.7 Å². The van der Waals surface area contributed by atoms with Crippen LogP contribution < -0.4 is 10.1 Å². The number of nitrogens with one attached hydrogen (secondary N) is 1. The zero-order chi connectivity index (χ0) is 17.9. The number of rotatable bonds is 5. The number of fused-ring (bicyclic) bond motifs is 3. The predicted octanol–water partition coefficient (Wildman–Crippen LogP) is 4.84. The summed E-state index contributed by atoms with van der Waals surface area (Å²) in [6.45, 7) is 0. The fraction of sp³-hybridized carbons (Fsp3) is 0.174. The van der Waals surface area contributed by atoms with Crippen LogP contribution in [0.5, 0.6) is 5.75 Å². The first-order valence-corrected chi connectivity index (χ1v) is 8.87.